The maximum absolute atomic E-state index is 12.0. The summed E-state index contributed by atoms with van der Waals surface area (Å²) < 4.78 is 5.07. The van der Waals surface area contributed by atoms with E-state index in [1.165, 1.54) is 0 Å². The lowest BCUT2D eigenvalue weighted by Gasteiger charge is -2.08. The highest BCUT2D eigenvalue weighted by molar-refractivity contribution is 6.31. The van der Waals surface area contributed by atoms with Crippen molar-refractivity contribution >= 4 is 29.2 Å². The van der Waals surface area contributed by atoms with Crippen LogP contribution in [0.4, 0.5) is 11.7 Å². The fourth-order valence-corrected chi connectivity index (χ4v) is 1.61. The molecule has 1 aromatic carbocycles. The number of aryl methyl sites for hydroxylation is 1. The molecule has 2 N–H and O–H groups in total. The second-order valence-corrected chi connectivity index (χ2v) is 3.96. The first kappa shape index (κ1) is 12.4. The van der Waals surface area contributed by atoms with Crippen molar-refractivity contribution in [3.63, 3.8) is 0 Å². The third kappa shape index (κ3) is 2.60. The standard InChI is InChI=1S/C11H11ClN4O2/c1-6-15-16-11(18-6)14-10(17)8-5-7(12)3-4-9(8)13-2/h3-5,13H,1-2H3,(H,14,16,17). The van der Waals surface area contributed by atoms with Crippen molar-refractivity contribution in [1.82, 2.24) is 10.2 Å². The van der Waals surface area contributed by atoms with Crippen LogP contribution in [-0.2, 0) is 0 Å². The van der Waals surface area contributed by atoms with Gasteiger partial charge in [-0.25, -0.2) is 0 Å². The third-order valence-electron chi connectivity index (χ3n) is 2.24. The number of halogens is 1. The number of carbonyl (C=O) groups excluding carboxylic acids is 1. The van der Waals surface area contributed by atoms with Crippen LogP contribution in [0, 0.1) is 6.92 Å². The number of hydrogen-bond acceptors (Lipinski definition) is 5. The lowest BCUT2D eigenvalue weighted by molar-refractivity contribution is 0.102. The van der Waals surface area contributed by atoms with E-state index in [1.54, 1.807) is 32.2 Å². The molecule has 0 atom stereocenters. The molecule has 0 fully saturated rings. The predicted octanol–water partition coefficient (Wildman–Crippen LogP) is 2.33. The largest absolute Gasteiger partial charge is 0.408 e. The van der Waals surface area contributed by atoms with Gasteiger partial charge in [-0.05, 0) is 18.2 Å². The van der Waals surface area contributed by atoms with Gasteiger partial charge in [0.05, 0.1) is 5.56 Å². The minimum absolute atomic E-state index is 0.0551. The Bertz CT molecular complexity index is 582. The average Bonchev–Trinajstić information content (AvgIpc) is 2.74. The number of nitrogens with one attached hydrogen (secondary N) is 2. The van der Waals surface area contributed by atoms with Crippen LogP contribution in [0.1, 0.15) is 16.2 Å². The molecule has 1 amide bonds. The zero-order chi connectivity index (χ0) is 13.1. The van der Waals surface area contributed by atoms with Crippen LogP contribution >= 0.6 is 11.6 Å². The third-order valence-corrected chi connectivity index (χ3v) is 2.48. The second kappa shape index (κ2) is 5.05. The van der Waals surface area contributed by atoms with Gasteiger partial charge in [0.15, 0.2) is 0 Å². The molecule has 0 bridgehead atoms. The van der Waals surface area contributed by atoms with Crippen LogP contribution in [0.5, 0.6) is 0 Å². The van der Waals surface area contributed by atoms with Crippen molar-refractivity contribution in [2.24, 2.45) is 0 Å². The summed E-state index contributed by atoms with van der Waals surface area (Å²) >= 11 is 5.87. The zero-order valence-corrected chi connectivity index (χ0v) is 10.6. The first-order valence-corrected chi connectivity index (χ1v) is 5.56. The van der Waals surface area contributed by atoms with Crippen molar-refractivity contribution in [2.45, 2.75) is 6.92 Å². The maximum Gasteiger partial charge on any atom is 0.322 e. The summed E-state index contributed by atoms with van der Waals surface area (Å²) in [6, 6.07) is 5.03. The highest BCUT2D eigenvalue weighted by Gasteiger charge is 2.14. The number of carbonyl (C=O) groups is 1. The molecule has 2 aromatic rings. The molecular formula is C11H11ClN4O2. The molecule has 2 rings (SSSR count). The van der Waals surface area contributed by atoms with E-state index in [9.17, 15) is 4.79 Å². The topological polar surface area (TPSA) is 80.0 Å². The Balaban J connectivity index is 2.25. The highest BCUT2D eigenvalue weighted by Crippen LogP contribution is 2.21. The number of hydrogen-bond donors (Lipinski definition) is 2. The molecule has 0 aliphatic rings. The van der Waals surface area contributed by atoms with E-state index in [0.29, 0.717) is 22.2 Å². The molecule has 0 saturated heterocycles. The van der Waals surface area contributed by atoms with Gasteiger partial charge in [-0.3, -0.25) is 10.1 Å². The van der Waals surface area contributed by atoms with E-state index in [-0.39, 0.29) is 11.9 Å². The summed E-state index contributed by atoms with van der Waals surface area (Å²) in [5.74, 6) is 0.00994. The van der Waals surface area contributed by atoms with Crippen molar-refractivity contribution in [3.8, 4) is 0 Å². The predicted molar refractivity (Wildman–Crippen MR) is 68.0 cm³/mol. The van der Waals surface area contributed by atoms with E-state index in [4.69, 9.17) is 16.0 Å². The Labute approximate surface area is 108 Å². The molecular weight excluding hydrogens is 256 g/mol. The van der Waals surface area contributed by atoms with Gasteiger partial charge in [0.1, 0.15) is 0 Å². The highest BCUT2D eigenvalue weighted by atomic mass is 35.5. The number of amides is 1. The fraction of sp³-hybridized carbons (Fsp3) is 0.182. The van der Waals surface area contributed by atoms with Crippen LogP contribution in [0.2, 0.25) is 5.02 Å². The summed E-state index contributed by atoms with van der Waals surface area (Å²) in [4.78, 5) is 12.0. The molecule has 1 heterocycles. The van der Waals surface area contributed by atoms with Gasteiger partial charge in [-0.15, -0.1) is 5.10 Å². The number of benzene rings is 1. The molecule has 0 unspecified atom stereocenters. The van der Waals surface area contributed by atoms with E-state index in [0.717, 1.165) is 0 Å². The Hall–Kier alpha value is -2.08. The average molecular weight is 267 g/mol. The number of aromatic nitrogens is 2. The van der Waals surface area contributed by atoms with Gasteiger partial charge in [0, 0.05) is 24.7 Å². The van der Waals surface area contributed by atoms with Crippen LogP contribution in [-0.4, -0.2) is 23.2 Å². The van der Waals surface area contributed by atoms with Crippen molar-refractivity contribution in [1.29, 1.82) is 0 Å². The Morgan fingerprint density at radius 2 is 2.17 bits per heavy atom. The zero-order valence-electron chi connectivity index (χ0n) is 9.82. The van der Waals surface area contributed by atoms with Gasteiger partial charge >= 0.3 is 6.01 Å². The fourth-order valence-electron chi connectivity index (χ4n) is 1.43. The number of rotatable bonds is 3. The smallest absolute Gasteiger partial charge is 0.322 e. The summed E-state index contributed by atoms with van der Waals surface area (Å²) in [5.41, 5.74) is 1.06. The SMILES string of the molecule is CNc1ccc(Cl)cc1C(=O)Nc1nnc(C)o1. The summed E-state index contributed by atoms with van der Waals surface area (Å²) in [7, 11) is 1.72. The Morgan fingerprint density at radius 3 is 2.78 bits per heavy atom. The van der Waals surface area contributed by atoms with Gasteiger partial charge in [-0.2, -0.15) is 0 Å². The number of anilines is 2. The molecule has 6 nitrogen and oxygen atoms in total. The van der Waals surface area contributed by atoms with E-state index >= 15 is 0 Å². The lowest BCUT2D eigenvalue weighted by atomic mass is 10.1. The Kier molecular flexibility index (Phi) is 3.47. The van der Waals surface area contributed by atoms with E-state index in [2.05, 4.69) is 20.8 Å². The van der Waals surface area contributed by atoms with Crippen LogP contribution in [0.15, 0.2) is 22.6 Å². The molecule has 94 valence electrons. The molecule has 0 aliphatic heterocycles. The van der Waals surface area contributed by atoms with E-state index < -0.39 is 0 Å². The van der Waals surface area contributed by atoms with Crippen LogP contribution in [0.3, 0.4) is 0 Å². The van der Waals surface area contributed by atoms with Crippen molar-refractivity contribution in [3.05, 3.63) is 34.7 Å². The van der Waals surface area contributed by atoms with Gasteiger partial charge in [-0.1, -0.05) is 16.7 Å². The Morgan fingerprint density at radius 1 is 1.39 bits per heavy atom. The molecule has 0 radical (unpaired) electrons. The van der Waals surface area contributed by atoms with Gasteiger partial charge in [0.2, 0.25) is 5.89 Å². The minimum atomic E-state index is -0.370. The minimum Gasteiger partial charge on any atom is -0.408 e. The number of nitrogens with zero attached hydrogens (tertiary/aromatic N) is 2. The van der Waals surface area contributed by atoms with Crippen LogP contribution in [0.25, 0.3) is 0 Å². The van der Waals surface area contributed by atoms with Crippen molar-refractivity contribution < 1.29 is 9.21 Å². The van der Waals surface area contributed by atoms with Crippen molar-refractivity contribution in [2.75, 3.05) is 17.7 Å². The first-order valence-electron chi connectivity index (χ1n) is 5.19. The molecule has 18 heavy (non-hydrogen) atoms. The second-order valence-electron chi connectivity index (χ2n) is 3.52. The molecule has 1 aromatic heterocycles. The molecule has 0 aliphatic carbocycles. The summed E-state index contributed by atoms with van der Waals surface area (Å²) in [6.07, 6.45) is 0. The molecule has 0 saturated carbocycles. The lowest BCUT2D eigenvalue weighted by Crippen LogP contribution is -2.14. The van der Waals surface area contributed by atoms with Gasteiger partial charge in [0.25, 0.3) is 5.91 Å². The quantitative estimate of drug-likeness (QED) is 0.891. The van der Waals surface area contributed by atoms with Crippen LogP contribution < -0.4 is 10.6 Å². The first-order chi connectivity index (χ1) is 8.60. The maximum atomic E-state index is 12.0. The summed E-state index contributed by atoms with van der Waals surface area (Å²) in [6.45, 7) is 1.64. The normalized spacial score (nSPS) is 10.2. The molecule has 7 heteroatoms. The summed E-state index contributed by atoms with van der Waals surface area (Å²) in [5, 5.41) is 13.2. The van der Waals surface area contributed by atoms with E-state index in [1.807, 2.05) is 0 Å². The monoisotopic (exact) mass is 266 g/mol. The molecule has 0 spiro atoms. The van der Waals surface area contributed by atoms with Gasteiger partial charge < -0.3 is 9.73 Å².